The molecular formula is C14H14BrNO2. The molecule has 94 valence electrons. The Balaban J connectivity index is 0.00000162. The van der Waals surface area contributed by atoms with E-state index in [9.17, 15) is 4.79 Å². The topological polar surface area (TPSA) is 41.2 Å². The molecule has 1 heterocycles. The highest BCUT2D eigenvalue weighted by atomic mass is 79.9. The third-order valence-corrected chi connectivity index (χ3v) is 2.66. The summed E-state index contributed by atoms with van der Waals surface area (Å²) in [5, 5.41) is 9.08. The van der Waals surface area contributed by atoms with E-state index in [4.69, 9.17) is 5.11 Å². The van der Waals surface area contributed by atoms with Gasteiger partial charge in [-0.15, -0.1) is 0 Å². The standard InChI is InChI=1S/C14H13NO2.BrH/c1-11-6-8-15(9-7-11)10-12-4-2-3-5-13(12)14(16)17;/h2-9H,10H2,1H3;1H. The van der Waals surface area contributed by atoms with Crippen LogP contribution in [0.3, 0.4) is 0 Å². The number of rotatable bonds is 3. The summed E-state index contributed by atoms with van der Waals surface area (Å²) in [7, 11) is 0. The van der Waals surface area contributed by atoms with Gasteiger partial charge in [-0.05, 0) is 18.6 Å². The lowest BCUT2D eigenvalue weighted by Gasteiger charge is -2.02. The minimum absolute atomic E-state index is 0. The lowest BCUT2D eigenvalue weighted by molar-refractivity contribution is -0.688. The van der Waals surface area contributed by atoms with Gasteiger partial charge in [-0.2, -0.15) is 0 Å². The lowest BCUT2D eigenvalue weighted by atomic mass is 10.1. The first-order valence-electron chi connectivity index (χ1n) is 5.44. The number of pyridine rings is 1. The summed E-state index contributed by atoms with van der Waals surface area (Å²) in [6.07, 6.45) is 3.90. The fraction of sp³-hybridized carbons (Fsp3) is 0.143. The van der Waals surface area contributed by atoms with Crippen LogP contribution in [0.25, 0.3) is 0 Å². The van der Waals surface area contributed by atoms with Crippen molar-refractivity contribution in [2.24, 2.45) is 0 Å². The van der Waals surface area contributed by atoms with E-state index in [0.29, 0.717) is 12.1 Å². The van der Waals surface area contributed by atoms with Gasteiger partial charge >= 0.3 is 5.97 Å². The zero-order chi connectivity index (χ0) is 12.3. The predicted octanol–water partition coefficient (Wildman–Crippen LogP) is -0.967. The van der Waals surface area contributed by atoms with Gasteiger partial charge < -0.3 is 22.1 Å². The molecule has 0 saturated heterocycles. The second kappa shape index (κ2) is 6.31. The molecule has 4 heteroatoms. The summed E-state index contributed by atoms with van der Waals surface area (Å²) in [6, 6.07) is 11.1. The van der Waals surface area contributed by atoms with Crippen molar-refractivity contribution < 1.29 is 31.4 Å². The molecule has 0 bridgehead atoms. The molecule has 0 aliphatic carbocycles. The predicted molar refractivity (Wildman–Crippen MR) is 63.9 cm³/mol. The Labute approximate surface area is 116 Å². The van der Waals surface area contributed by atoms with Gasteiger partial charge in [0, 0.05) is 17.7 Å². The number of hydrogen-bond donors (Lipinski definition) is 1. The number of benzene rings is 1. The van der Waals surface area contributed by atoms with Crippen molar-refractivity contribution in [1.82, 2.24) is 0 Å². The summed E-state index contributed by atoms with van der Waals surface area (Å²) in [5.74, 6) is -0.881. The summed E-state index contributed by atoms with van der Waals surface area (Å²) in [6.45, 7) is 2.60. The van der Waals surface area contributed by atoms with Gasteiger partial charge in [-0.3, -0.25) is 0 Å². The number of aryl methyl sites for hydroxylation is 1. The minimum atomic E-state index is -0.881. The summed E-state index contributed by atoms with van der Waals surface area (Å²) in [5.41, 5.74) is 2.36. The highest BCUT2D eigenvalue weighted by Crippen LogP contribution is 2.08. The van der Waals surface area contributed by atoms with Crippen LogP contribution >= 0.6 is 0 Å². The Morgan fingerprint density at radius 3 is 2.39 bits per heavy atom. The monoisotopic (exact) mass is 307 g/mol. The molecule has 0 aliphatic heterocycles. The summed E-state index contributed by atoms with van der Waals surface area (Å²) in [4.78, 5) is 11.1. The van der Waals surface area contributed by atoms with Crippen LogP contribution in [0.15, 0.2) is 48.8 Å². The average molecular weight is 308 g/mol. The van der Waals surface area contributed by atoms with E-state index in [1.54, 1.807) is 12.1 Å². The van der Waals surface area contributed by atoms with Gasteiger partial charge in [-0.1, -0.05) is 18.2 Å². The molecule has 3 nitrogen and oxygen atoms in total. The molecule has 18 heavy (non-hydrogen) atoms. The first kappa shape index (κ1) is 14.4. The van der Waals surface area contributed by atoms with Crippen LogP contribution in [-0.2, 0) is 6.54 Å². The van der Waals surface area contributed by atoms with Crippen LogP contribution < -0.4 is 21.5 Å². The van der Waals surface area contributed by atoms with E-state index in [1.807, 2.05) is 48.1 Å². The molecule has 2 aromatic rings. The lowest BCUT2D eigenvalue weighted by Crippen LogP contribution is -3.00. The van der Waals surface area contributed by atoms with Gasteiger partial charge in [0.1, 0.15) is 0 Å². The Hall–Kier alpha value is -1.68. The third kappa shape index (κ3) is 3.40. The number of aromatic carboxylic acids is 1. The van der Waals surface area contributed by atoms with Crippen molar-refractivity contribution in [2.45, 2.75) is 13.5 Å². The number of carbonyl (C=O) groups is 1. The molecular weight excluding hydrogens is 294 g/mol. The molecule has 0 aliphatic rings. The van der Waals surface area contributed by atoms with Gasteiger partial charge in [0.05, 0.1) is 5.56 Å². The Kier molecular flexibility index (Phi) is 5.04. The molecule has 0 fully saturated rings. The smallest absolute Gasteiger partial charge is 0.336 e. The molecule has 0 atom stereocenters. The van der Waals surface area contributed by atoms with Crippen molar-refractivity contribution in [3.05, 3.63) is 65.5 Å². The molecule has 1 aromatic heterocycles. The quantitative estimate of drug-likeness (QED) is 0.742. The van der Waals surface area contributed by atoms with Crippen LogP contribution in [0.5, 0.6) is 0 Å². The van der Waals surface area contributed by atoms with E-state index < -0.39 is 5.97 Å². The Morgan fingerprint density at radius 2 is 1.78 bits per heavy atom. The number of nitrogens with zero attached hydrogens (tertiary/aromatic N) is 1. The molecule has 0 spiro atoms. The number of aromatic nitrogens is 1. The van der Waals surface area contributed by atoms with Crippen LogP contribution in [0, 0.1) is 6.92 Å². The SMILES string of the molecule is Cc1cc[n+](Cc2ccccc2C(=O)O)cc1.[Br-]. The largest absolute Gasteiger partial charge is 1.00 e. The van der Waals surface area contributed by atoms with Crippen molar-refractivity contribution in [3.8, 4) is 0 Å². The van der Waals surface area contributed by atoms with Gasteiger partial charge in [0.25, 0.3) is 0 Å². The van der Waals surface area contributed by atoms with E-state index in [0.717, 1.165) is 5.56 Å². The summed E-state index contributed by atoms with van der Waals surface area (Å²) < 4.78 is 1.97. The Bertz CT molecular complexity index is 538. The fourth-order valence-electron chi connectivity index (χ4n) is 1.70. The molecule has 1 aromatic carbocycles. The van der Waals surface area contributed by atoms with Crippen molar-refractivity contribution in [1.29, 1.82) is 0 Å². The molecule has 0 radical (unpaired) electrons. The van der Waals surface area contributed by atoms with E-state index >= 15 is 0 Å². The second-order valence-electron chi connectivity index (χ2n) is 4.01. The van der Waals surface area contributed by atoms with Crippen molar-refractivity contribution in [3.63, 3.8) is 0 Å². The minimum Gasteiger partial charge on any atom is -1.00 e. The zero-order valence-electron chi connectivity index (χ0n) is 10.0. The maximum absolute atomic E-state index is 11.1. The van der Waals surface area contributed by atoms with E-state index in [2.05, 4.69) is 0 Å². The van der Waals surface area contributed by atoms with Crippen LogP contribution in [0.4, 0.5) is 0 Å². The molecule has 0 unspecified atom stereocenters. The second-order valence-corrected chi connectivity index (χ2v) is 4.01. The maximum atomic E-state index is 11.1. The normalized spacial score (nSPS) is 9.61. The molecule has 1 N–H and O–H groups in total. The first-order chi connectivity index (χ1) is 8.16. The van der Waals surface area contributed by atoms with Crippen molar-refractivity contribution in [2.75, 3.05) is 0 Å². The summed E-state index contributed by atoms with van der Waals surface area (Å²) >= 11 is 0. The zero-order valence-corrected chi connectivity index (χ0v) is 11.6. The van der Waals surface area contributed by atoms with Gasteiger partial charge in [0.2, 0.25) is 0 Å². The highest BCUT2D eigenvalue weighted by molar-refractivity contribution is 5.89. The van der Waals surface area contributed by atoms with Crippen LogP contribution in [-0.4, -0.2) is 11.1 Å². The first-order valence-corrected chi connectivity index (χ1v) is 5.44. The third-order valence-electron chi connectivity index (χ3n) is 2.66. The highest BCUT2D eigenvalue weighted by Gasteiger charge is 2.12. The van der Waals surface area contributed by atoms with Crippen molar-refractivity contribution >= 4 is 5.97 Å². The molecule has 2 rings (SSSR count). The average Bonchev–Trinajstić information content (AvgIpc) is 2.32. The maximum Gasteiger partial charge on any atom is 0.336 e. The number of halogens is 1. The number of carboxylic acids is 1. The van der Waals surface area contributed by atoms with E-state index in [1.165, 1.54) is 5.56 Å². The van der Waals surface area contributed by atoms with Crippen LogP contribution in [0.2, 0.25) is 0 Å². The molecule has 0 amide bonds. The Morgan fingerprint density at radius 1 is 1.17 bits per heavy atom. The number of carboxylic acid groups (broad SMARTS) is 1. The number of hydrogen-bond acceptors (Lipinski definition) is 1. The van der Waals surface area contributed by atoms with E-state index in [-0.39, 0.29) is 17.0 Å². The van der Waals surface area contributed by atoms with Crippen LogP contribution in [0.1, 0.15) is 21.5 Å². The van der Waals surface area contributed by atoms with Gasteiger partial charge in [0.15, 0.2) is 18.9 Å². The van der Waals surface area contributed by atoms with Gasteiger partial charge in [-0.25, -0.2) is 9.36 Å². The molecule has 0 saturated carbocycles. The fourth-order valence-corrected chi connectivity index (χ4v) is 1.70.